The van der Waals surface area contributed by atoms with Crippen molar-refractivity contribution < 1.29 is 4.42 Å². The van der Waals surface area contributed by atoms with Gasteiger partial charge in [-0.1, -0.05) is 0 Å². The Hall–Kier alpha value is -0.290. The van der Waals surface area contributed by atoms with E-state index in [2.05, 4.69) is 15.2 Å². The summed E-state index contributed by atoms with van der Waals surface area (Å²) in [4.78, 5) is 6.84. The zero-order valence-electron chi connectivity index (χ0n) is 11.2. The first-order chi connectivity index (χ1) is 7.69. The van der Waals surface area contributed by atoms with E-state index < -0.39 is 0 Å². The molecule has 1 saturated heterocycles. The Labute approximate surface area is 121 Å². The number of aromatic nitrogens is 1. The summed E-state index contributed by atoms with van der Waals surface area (Å²) in [6, 6.07) is 0. The number of nitrogens with one attached hydrogen (secondary N) is 1. The van der Waals surface area contributed by atoms with E-state index in [0.717, 1.165) is 49.4 Å². The fourth-order valence-corrected chi connectivity index (χ4v) is 2.31. The molecule has 1 fully saturated rings. The fourth-order valence-electron chi connectivity index (χ4n) is 2.31. The highest BCUT2D eigenvalue weighted by atomic mass is 35.5. The molecule has 6 heteroatoms. The molecule has 1 N–H and O–H groups in total. The first-order valence-corrected chi connectivity index (χ1v) is 5.99. The molecule has 0 bridgehead atoms. The Morgan fingerprint density at radius 2 is 2.11 bits per heavy atom. The second-order valence-electron chi connectivity index (χ2n) is 4.70. The summed E-state index contributed by atoms with van der Waals surface area (Å²) >= 11 is 0. The van der Waals surface area contributed by atoms with Crippen LogP contribution in [0.25, 0.3) is 0 Å². The highest BCUT2D eigenvalue weighted by molar-refractivity contribution is 5.85. The molecule has 18 heavy (non-hydrogen) atoms. The summed E-state index contributed by atoms with van der Waals surface area (Å²) in [7, 11) is 2.02. The number of likely N-dealkylation sites (tertiary alicyclic amines) is 1. The van der Waals surface area contributed by atoms with Gasteiger partial charge in [0.25, 0.3) is 0 Å². The van der Waals surface area contributed by atoms with Gasteiger partial charge in [0.15, 0.2) is 0 Å². The molecule has 4 nitrogen and oxygen atoms in total. The monoisotopic (exact) mass is 295 g/mol. The number of hydrogen-bond acceptors (Lipinski definition) is 4. The van der Waals surface area contributed by atoms with Gasteiger partial charge in [-0.3, -0.25) is 4.90 Å². The molecule has 0 saturated carbocycles. The maximum Gasteiger partial charge on any atom is 0.208 e. The fraction of sp³-hybridized carbons (Fsp3) is 0.750. The molecule has 1 aliphatic heterocycles. The quantitative estimate of drug-likeness (QED) is 0.924. The maximum absolute atomic E-state index is 5.60. The molecule has 0 aromatic carbocycles. The molecule has 0 spiro atoms. The standard InChI is InChI=1S/C12H21N3O.2ClH/c1-9-10(2)16-12(14-9)8-15-5-4-11(7-15)6-13-3;;/h11,13H,4-8H2,1-3H3;2*1H. The molecule has 1 atom stereocenters. The highest BCUT2D eigenvalue weighted by Gasteiger charge is 2.23. The minimum atomic E-state index is 0. The average Bonchev–Trinajstić information content (AvgIpc) is 2.77. The molecular weight excluding hydrogens is 273 g/mol. The van der Waals surface area contributed by atoms with Crippen molar-refractivity contribution in [1.82, 2.24) is 15.2 Å². The van der Waals surface area contributed by atoms with Crippen LogP contribution in [0.5, 0.6) is 0 Å². The van der Waals surface area contributed by atoms with Gasteiger partial charge < -0.3 is 9.73 Å². The second-order valence-corrected chi connectivity index (χ2v) is 4.70. The van der Waals surface area contributed by atoms with Crippen molar-refractivity contribution in [3.8, 4) is 0 Å². The van der Waals surface area contributed by atoms with E-state index in [1.807, 2.05) is 20.9 Å². The Morgan fingerprint density at radius 1 is 1.39 bits per heavy atom. The number of rotatable bonds is 4. The topological polar surface area (TPSA) is 41.3 Å². The van der Waals surface area contributed by atoms with Gasteiger partial charge in [0.2, 0.25) is 5.89 Å². The van der Waals surface area contributed by atoms with Crippen LogP contribution in [0.3, 0.4) is 0 Å². The van der Waals surface area contributed by atoms with Gasteiger partial charge in [-0.15, -0.1) is 24.8 Å². The Bertz CT molecular complexity index is 338. The first-order valence-electron chi connectivity index (χ1n) is 5.99. The summed E-state index contributed by atoms with van der Waals surface area (Å²) < 4.78 is 5.60. The van der Waals surface area contributed by atoms with Crippen molar-refractivity contribution in [3.63, 3.8) is 0 Å². The zero-order chi connectivity index (χ0) is 11.5. The van der Waals surface area contributed by atoms with Crippen LogP contribution < -0.4 is 5.32 Å². The van der Waals surface area contributed by atoms with Crippen LogP contribution in [-0.2, 0) is 6.54 Å². The van der Waals surface area contributed by atoms with Crippen LogP contribution in [0.2, 0.25) is 0 Å². The minimum absolute atomic E-state index is 0. The number of halogens is 2. The molecule has 2 heterocycles. The predicted molar refractivity (Wildman–Crippen MR) is 77.8 cm³/mol. The Kier molecular flexibility index (Phi) is 7.87. The molecule has 1 unspecified atom stereocenters. The van der Waals surface area contributed by atoms with Crippen molar-refractivity contribution >= 4 is 24.8 Å². The summed E-state index contributed by atoms with van der Waals surface area (Å²) in [6.07, 6.45) is 1.28. The van der Waals surface area contributed by atoms with E-state index in [0.29, 0.717) is 0 Å². The lowest BCUT2D eigenvalue weighted by molar-refractivity contribution is 0.277. The van der Waals surface area contributed by atoms with Gasteiger partial charge >= 0.3 is 0 Å². The van der Waals surface area contributed by atoms with Crippen LogP contribution in [-0.4, -0.2) is 36.6 Å². The Balaban J connectivity index is 0.00000144. The summed E-state index contributed by atoms with van der Waals surface area (Å²) in [5.74, 6) is 2.59. The van der Waals surface area contributed by atoms with Gasteiger partial charge in [0, 0.05) is 6.54 Å². The van der Waals surface area contributed by atoms with Crippen LogP contribution >= 0.6 is 24.8 Å². The van der Waals surface area contributed by atoms with E-state index in [-0.39, 0.29) is 24.8 Å². The van der Waals surface area contributed by atoms with Crippen LogP contribution in [0.4, 0.5) is 0 Å². The smallest absolute Gasteiger partial charge is 0.208 e. The number of nitrogens with zero attached hydrogens (tertiary/aromatic N) is 2. The number of hydrogen-bond donors (Lipinski definition) is 1. The maximum atomic E-state index is 5.60. The van der Waals surface area contributed by atoms with E-state index >= 15 is 0 Å². The predicted octanol–water partition coefficient (Wildman–Crippen LogP) is 2.18. The van der Waals surface area contributed by atoms with Crippen molar-refractivity contribution in [2.45, 2.75) is 26.8 Å². The van der Waals surface area contributed by atoms with E-state index in [9.17, 15) is 0 Å². The molecular formula is C12H23Cl2N3O. The van der Waals surface area contributed by atoms with Crippen molar-refractivity contribution in [2.24, 2.45) is 5.92 Å². The molecule has 1 aromatic heterocycles. The van der Waals surface area contributed by atoms with E-state index in [1.165, 1.54) is 6.42 Å². The van der Waals surface area contributed by atoms with Crippen molar-refractivity contribution in [1.29, 1.82) is 0 Å². The SMILES string of the molecule is CNCC1CCN(Cc2nc(C)c(C)o2)C1.Cl.Cl. The van der Waals surface area contributed by atoms with Crippen LogP contribution in [0, 0.1) is 19.8 Å². The molecule has 1 aliphatic rings. The van der Waals surface area contributed by atoms with E-state index in [1.54, 1.807) is 0 Å². The molecule has 0 radical (unpaired) electrons. The van der Waals surface area contributed by atoms with Crippen LogP contribution in [0.15, 0.2) is 4.42 Å². The normalized spacial score (nSPS) is 19.4. The van der Waals surface area contributed by atoms with Gasteiger partial charge in [-0.2, -0.15) is 0 Å². The lowest BCUT2D eigenvalue weighted by Gasteiger charge is -2.13. The van der Waals surface area contributed by atoms with Crippen molar-refractivity contribution in [2.75, 3.05) is 26.7 Å². The van der Waals surface area contributed by atoms with Gasteiger partial charge in [0.1, 0.15) is 5.76 Å². The van der Waals surface area contributed by atoms with E-state index in [4.69, 9.17) is 4.42 Å². The first kappa shape index (κ1) is 17.7. The van der Waals surface area contributed by atoms with Gasteiger partial charge in [0.05, 0.1) is 12.2 Å². The summed E-state index contributed by atoms with van der Waals surface area (Å²) in [6.45, 7) is 8.25. The van der Waals surface area contributed by atoms with Gasteiger partial charge in [-0.05, 0) is 46.3 Å². The average molecular weight is 296 g/mol. The summed E-state index contributed by atoms with van der Waals surface area (Å²) in [5.41, 5.74) is 1.01. The summed E-state index contributed by atoms with van der Waals surface area (Å²) in [5, 5.41) is 3.24. The van der Waals surface area contributed by atoms with Crippen LogP contribution in [0.1, 0.15) is 23.8 Å². The number of oxazole rings is 1. The third-order valence-electron chi connectivity index (χ3n) is 3.29. The lowest BCUT2D eigenvalue weighted by atomic mass is 10.1. The highest BCUT2D eigenvalue weighted by Crippen LogP contribution is 2.18. The second kappa shape index (κ2) is 8.00. The molecule has 1 aromatic rings. The lowest BCUT2D eigenvalue weighted by Crippen LogP contribution is -2.24. The Morgan fingerprint density at radius 3 is 2.67 bits per heavy atom. The largest absolute Gasteiger partial charge is 0.444 e. The minimum Gasteiger partial charge on any atom is -0.444 e. The zero-order valence-corrected chi connectivity index (χ0v) is 12.9. The van der Waals surface area contributed by atoms with Crippen molar-refractivity contribution in [3.05, 3.63) is 17.3 Å². The third kappa shape index (κ3) is 4.43. The van der Waals surface area contributed by atoms with Gasteiger partial charge in [-0.25, -0.2) is 4.98 Å². The number of aryl methyl sites for hydroxylation is 2. The molecule has 0 amide bonds. The molecule has 2 rings (SSSR count). The molecule has 0 aliphatic carbocycles. The third-order valence-corrected chi connectivity index (χ3v) is 3.29. The molecule has 106 valence electrons.